The van der Waals surface area contributed by atoms with Crippen molar-refractivity contribution in [2.24, 2.45) is 27.9 Å². The number of rotatable bonds is 19. The van der Waals surface area contributed by atoms with E-state index in [0.717, 1.165) is 0 Å². The molecule has 0 radical (unpaired) electrons. The molecule has 0 aliphatic carbocycles. The van der Waals surface area contributed by atoms with Crippen LogP contribution in [0.2, 0.25) is 0 Å². The molecule has 0 bridgehead atoms. The second kappa shape index (κ2) is 18.7. The van der Waals surface area contributed by atoms with Gasteiger partial charge in [0.05, 0.1) is 6.04 Å². The lowest BCUT2D eigenvalue weighted by atomic mass is 10.0. The van der Waals surface area contributed by atoms with Gasteiger partial charge in [-0.3, -0.25) is 19.4 Å². The third-order valence-corrected chi connectivity index (χ3v) is 6.88. The van der Waals surface area contributed by atoms with Crippen molar-refractivity contribution in [3.63, 3.8) is 0 Å². The topological polar surface area (TPSA) is 282 Å². The molecule has 0 aliphatic rings. The van der Waals surface area contributed by atoms with Crippen molar-refractivity contribution in [1.29, 1.82) is 0 Å². The predicted molar refractivity (Wildman–Crippen MR) is 168 cm³/mol. The summed E-state index contributed by atoms with van der Waals surface area (Å²) in [6.45, 7) is 0.604. The highest BCUT2D eigenvalue weighted by molar-refractivity contribution is 5.94. The largest absolute Gasteiger partial charge is 0.508 e. The number of unbranched alkanes of at least 4 members (excludes halogenated alkanes) is 1. The number of hydrogen-bond acceptors (Lipinski definition) is 9. The first-order chi connectivity index (χ1) is 21.4. The van der Waals surface area contributed by atoms with Crippen LogP contribution in [0.4, 0.5) is 0 Å². The number of phenolic OH excluding ortho intramolecular Hbond substituents is 2. The Morgan fingerprint density at radius 2 is 1.16 bits per heavy atom. The van der Waals surface area contributed by atoms with Crippen molar-refractivity contribution < 1.29 is 34.5 Å². The molecule has 0 aromatic heterocycles. The van der Waals surface area contributed by atoms with Crippen molar-refractivity contribution in [2.75, 3.05) is 13.1 Å². The maximum absolute atomic E-state index is 13.7. The molecule has 15 nitrogen and oxygen atoms in total. The Hall–Kier alpha value is -4.89. The van der Waals surface area contributed by atoms with E-state index in [2.05, 4.69) is 20.9 Å². The first-order valence-electron chi connectivity index (χ1n) is 14.6. The van der Waals surface area contributed by atoms with E-state index in [1.54, 1.807) is 24.3 Å². The fourth-order valence-electron chi connectivity index (χ4n) is 4.38. The summed E-state index contributed by atoms with van der Waals surface area (Å²) in [5, 5.41) is 36.8. The number of nitrogens with one attached hydrogen (secondary N) is 3. The third kappa shape index (κ3) is 13.5. The number of phenols is 2. The van der Waals surface area contributed by atoms with E-state index in [1.165, 1.54) is 24.3 Å². The summed E-state index contributed by atoms with van der Waals surface area (Å²) in [6, 6.07) is 7.34. The van der Waals surface area contributed by atoms with E-state index in [4.69, 9.17) is 22.9 Å². The van der Waals surface area contributed by atoms with Crippen molar-refractivity contribution in [3.8, 4) is 11.5 Å². The molecule has 2 rings (SSSR count). The fraction of sp³-hybridized carbons (Fsp3) is 0.433. The molecule has 0 spiro atoms. The van der Waals surface area contributed by atoms with Gasteiger partial charge < -0.3 is 54.2 Å². The average Bonchev–Trinajstić information content (AvgIpc) is 2.99. The van der Waals surface area contributed by atoms with Gasteiger partial charge in [-0.25, -0.2) is 4.79 Å². The lowest BCUT2D eigenvalue weighted by Crippen LogP contribution is -2.58. The summed E-state index contributed by atoms with van der Waals surface area (Å²) in [5.74, 6) is -3.49. The number of aromatic hydroxyl groups is 2. The molecule has 3 amide bonds. The molecule has 0 fully saturated rings. The minimum Gasteiger partial charge on any atom is -0.508 e. The Labute approximate surface area is 261 Å². The lowest BCUT2D eigenvalue weighted by molar-refractivity contribution is -0.142. The maximum atomic E-state index is 13.7. The van der Waals surface area contributed by atoms with Crippen molar-refractivity contribution in [1.82, 2.24) is 16.0 Å². The van der Waals surface area contributed by atoms with Crippen molar-refractivity contribution in [3.05, 3.63) is 59.7 Å². The Balaban J connectivity index is 2.30. The van der Waals surface area contributed by atoms with E-state index in [1.807, 2.05) is 0 Å². The van der Waals surface area contributed by atoms with Crippen LogP contribution < -0.4 is 38.9 Å². The van der Waals surface area contributed by atoms with Crippen LogP contribution in [0.5, 0.6) is 11.5 Å². The molecule has 2 aromatic rings. The van der Waals surface area contributed by atoms with Gasteiger partial charge in [-0.2, -0.15) is 0 Å². The summed E-state index contributed by atoms with van der Waals surface area (Å²) < 4.78 is 0. The number of nitrogens with zero attached hydrogens (tertiary/aromatic N) is 1. The van der Waals surface area contributed by atoms with Gasteiger partial charge in [0, 0.05) is 19.4 Å². The quantitative estimate of drug-likeness (QED) is 0.0508. The maximum Gasteiger partial charge on any atom is 0.326 e. The van der Waals surface area contributed by atoms with E-state index >= 15 is 0 Å². The van der Waals surface area contributed by atoms with Crippen LogP contribution in [-0.2, 0) is 32.0 Å². The lowest BCUT2D eigenvalue weighted by Gasteiger charge is -2.25. The van der Waals surface area contributed by atoms with Crippen LogP contribution in [-0.4, -0.2) is 82.2 Å². The molecule has 14 N–H and O–H groups in total. The highest BCUT2D eigenvalue weighted by atomic mass is 16.4. The van der Waals surface area contributed by atoms with E-state index < -0.39 is 47.9 Å². The Bertz CT molecular complexity index is 1280. The summed E-state index contributed by atoms with van der Waals surface area (Å²) >= 11 is 0. The first-order valence-corrected chi connectivity index (χ1v) is 14.6. The molecule has 246 valence electrons. The van der Waals surface area contributed by atoms with Gasteiger partial charge in [0.2, 0.25) is 17.7 Å². The zero-order chi connectivity index (χ0) is 33.4. The summed E-state index contributed by atoms with van der Waals surface area (Å²) in [5.41, 5.74) is 23.4. The van der Waals surface area contributed by atoms with Crippen LogP contribution in [0.15, 0.2) is 53.5 Å². The molecular weight excluding hydrogens is 584 g/mol. The predicted octanol–water partition coefficient (Wildman–Crippen LogP) is -1.07. The first kappa shape index (κ1) is 36.3. The number of carbonyl (C=O) groups is 4. The van der Waals surface area contributed by atoms with Crippen LogP contribution in [0.25, 0.3) is 0 Å². The zero-order valence-corrected chi connectivity index (χ0v) is 25.0. The number of hydrogen-bond donors (Lipinski definition) is 10. The van der Waals surface area contributed by atoms with E-state index in [-0.39, 0.29) is 49.7 Å². The molecule has 4 atom stereocenters. The molecule has 2 aromatic carbocycles. The number of nitrogens with two attached hydrogens (primary N) is 4. The molecule has 15 heteroatoms. The fourth-order valence-corrected chi connectivity index (χ4v) is 4.38. The molecule has 45 heavy (non-hydrogen) atoms. The average molecular weight is 629 g/mol. The normalized spacial score (nSPS) is 13.5. The molecule has 0 saturated heterocycles. The molecule has 4 unspecified atom stereocenters. The van der Waals surface area contributed by atoms with Gasteiger partial charge in [0.25, 0.3) is 0 Å². The number of carboxylic acid groups (broad SMARTS) is 1. The van der Waals surface area contributed by atoms with Crippen LogP contribution in [0.3, 0.4) is 0 Å². The van der Waals surface area contributed by atoms with Gasteiger partial charge >= 0.3 is 5.97 Å². The van der Waals surface area contributed by atoms with Crippen LogP contribution in [0, 0.1) is 0 Å². The third-order valence-electron chi connectivity index (χ3n) is 6.88. The molecule has 0 saturated carbocycles. The molecular formula is C30H44N8O7. The smallest absolute Gasteiger partial charge is 0.326 e. The second-order valence-electron chi connectivity index (χ2n) is 10.6. The Morgan fingerprint density at radius 1 is 0.689 bits per heavy atom. The highest BCUT2D eigenvalue weighted by Gasteiger charge is 2.30. The summed E-state index contributed by atoms with van der Waals surface area (Å²) in [4.78, 5) is 55.8. The SMILES string of the molecule is NCCCCC(N)C(=O)NC(Cc1ccc(O)cc1)C(=O)NC(Cc1ccc(O)cc1)C(=O)NC(CCCN=C(N)N)C(=O)O. The Morgan fingerprint density at radius 3 is 1.60 bits per heavy atom. The number of carbonyl (C=O) groups excluding carboxylic acids is 3. The van der Waals surface area contributed by atoms with E-state index in [9.17, 15) is 34.5 Å². The van der Waals surface area contributed by atoms with E-state index in [0.29, 0.717) is 36.9 Å². The number of guanidine groups is 1. The van der Waals surface area contributed by atoms with Gasteiger partial charge in [0.15, 0.2) is 5.96 Å². The molecule has 0 heterocycles. The number of aliphatic imine (C=N–C) groups is 1. The standard InChI is InChI=1S/C30H44N8O7/c31-14-2-1-4-22(32)26(41)37-24(16-18-6-10-20(39)11-7-18)28(43)38-25(17-19-8-12-21(40)13-9-19)27(42)36-23(29(44)45)5-3-15-35-30(33)34/h6-13,22-25,39-40H,1-5,14-17,31-32H2,(H,36,42)(H,37,41)(H,38,43)(H,44,45)(H4,33,34,35). The zero-order valence-electron chi connectivity index (χ0n) is 25.0. The number of aliphatic carboxylic acids is 1. The highest BCUT2D eigenvalue weighted by Crippen LogP contribution is 2.14. The van der Waals surface area contributed by atoms with Crippen LogP contribution >= 0.6 is 0 Å². The van der Waals surface area contributed by atoms with Gasteiger partial charge in [-0.1, -0.05) is 30.7 Å². The van der Waals surface area contributed by atoms with Crippen molar-refractivity contribution >= 4 is 29.7 Å². The minimum atomic E-state index is -1.30. The number of benzene rings is 2. The summed E-state index contributed by atoms with van der Waals surface area (Å²) in [7, 11) is 0. The Kier molecular flexibility index (Phi) is 15.1. The monoisotopic (exact) mass is 628 g/mol. The molecule has 0 aliphatic heterocycles. The van der Waals surface area contributed by atoms with Gasteiger partial charge in [-0.05, 0) is 67.6 Å². The van der Waals surface area contributed by atoms with Crippen LogP contribution in [0.1, 0.15) is 43.2 Å². The number of amides is 3. The number of carboxylic acids is 1. The van der Waals surface area contributed by atoms with Gasteiger partial charge in [-0.15, -0.1) is 0 Å². The van der Waals surface area contributed by atoms with Crippen molar-refractivity contribution in [2.45, 2.75) is 69.1 Å². The summed E-state index contributed by atoms with van der Waals surface area (Å²) in [6.07, 6.45) is 1.86. The van der Waals surface area contributed by atoms with Gasteiger partial charge in [0.1, 0.15) is 29.6 Å². The second-order valence-corrected chi connectivity index (χ2v) is 10.6. The minimum absolute atomic E-state index is 0.00344.